The molecule has 38 heavy (non-hydrogen) atoms. The molecule has 204 valence electrons. The largest absolute Gasteiger partial charge is 0.459 e. The molecular formula is C28H32O10. The number of esters is 3. The lowest BCUT2D eigenvalue weighted by molar-refractivity contribution is -0.240. The smallest absolute Gasteiger partial charge is 0.343 e. The van der Waals surface area contributed by atoms with Gasteiger partial charge in [0.15, 0.2) is 17.8 Å². The van der Waals surface area contributed by atoms with Crippen molar-refractivity contribution in [3.05, 3.63) is 35.9 Å². The third-order valence-electron chi connectivity index (χ3n) is 10.6. The van der Waals surface area contributed by atoms with Gasteiger partial charge in [-0.25, -0.2) is 9.59 Å². The standard InChI is InChI=1S/C28H32O10/c1-12-20(30)36-18-17(29)26-16-11-15(24(3,4)5)25(26)19(34-13(2)14-9-7-6-8-10-14)21(31)37-23(25)38-28(26,22(32)35-16)27(12,18)33/h6-10,12-13,15-19,23,29,33H,11H2,1-5H3/t12-,13?,15+,16-,17-,18+,19+,23+,25+,26+,27-,28-/m1/s1. The van der Waals surface area contributed by atoms with Crippen LogP contribution in [0.3, 0.4) is 0 Å². The Balaban J connectivity index is 1.49. The fourth-order valence-electron chi connectivity index (χ4n) is 9.27. The van der Waals surface area contributed by atoms with Gasteiger partial charge in [-0.05, 0) is 37.2 Å². The van der Waals surface area contributed by atoms with E-state index in [1.165, 1.54) is 6.92 Å². The summed E-state index contributed by atoms with van der Waals surface area (Å²) >= 11 is 0. The van der Waals surface area contributed by atoms with Crippen LogP contribution >= 0.6 is 0 Å². The maximum Gasteiger partial charge on any atom is 0.343 e. The highest BCUT2D eigenvalue weighted by molar-refractivity contribution is 5.94. The van der Waals surface area contributed by atoms with Gasteiger partial charge in [-0.15, -0.1) is 0 Å². The average molecular weight is 529 g/mol. The number of rotatable bonds is 3. The van der Waals surface area contributed by atoms with Crippen LogP contribution in [0.15, 0.2) is 30.3 Å². The van der Waals surface area contributed by atoms with Gasteiger partial charge >= 0.3 is 17.9 Å². The molecule has 0 amide bonds. The molecular weight excluding hydrogens is 496 g/mol. The van der Waals surface area contributed by atoms with E-state index in [2.05, 4.69) is 0 Å². The molecule has 0 radical (unpaired) electrons. The van der Waals surface area contributed by atoms with E-state index in [0.29, 0.717) is 0 Å². The van der Waals surface area contributed by atoms with Gasteiger partial charge in [-0.1, -0.05) is 51.1 Å². The fraction of sp³-hybridized carbons (Fsp3) is 0.679. The van der Waals surface area contributed by atoms with Crippen molar-refractivity contribution in [2.45, 2.75) is 89.1 Å². The maximum atomic E-state index is 13.8. The zero-order valence-electron chi connectivity index (χ0n) is 21.9. The summed E-state index contributed by atoms with van der Waals surface area (Å²) < 4.78 is 30.3. The summed E-state index contributed by atoms with van der Waals surface area (Å²) in [6.07, 6.45) is -6.78. The molecule has 7 rings (SSSR count). The minimum atomic E-state index is -2.23. The van der Waals surface area contributed by atoms with Crippen molar-refractivity contribution in [1.82, 2.24) is 0 Å². The van der Waals surface area contributed by atoms with Crippen molar-refractivity contribution in [3.8, 4) is 0 Å². The first-order chi connectivity index (χ1) is 17.8. The molecule has 12 atom stereocenters. The Bertz CT molecular complexity index is 1260. The van der Waals surface area contributed by atoms with Crippen LogP contribution in [0.1, 0.15) is 52.7 Å². The molecule has 6 fully saturated rings. The molecule has 0 bridgehead atoms. The second-order valence-corrected chi connectivity index (χ2v) is 12.8. The maximum absolute atomic E-state index is 13.8. The van der Waals surface area contributed by atoms with Crippen molar-refractivity contribution in [2.75, 3.05) is 0 Å². The van der Waals surface area contributed by atoms with Crippen molar-refractivity contribution in [3.63, 3.8) is 0 Å². The molecule has 10 nitrogen and oxygen atoms in total. The van der Waals surface area contributed by atoms with Gasteiger partial charge in [0.25, 0.3) is 0 Å². The van der Waals surface area contributed by atoms with E-state index >= 15 is 0 Å². The van der Waals surface area contributed by atoms with Gasteiger partial charge in [-0.2, -0.15) is 0 Å². The van der Waals surface area contributed by atoms with Gasteiger partial charge < -0.3 is 33.9 Å². The SMILES string of the molecule is CC(O[C@H]1C(=O)O[C@H]2O[C@]34C(=O)O[C@@H]5C[C@@H](C(C)(C)C)[C@@]21[C@@]53[C@H](O)[C@@H]1OC(=O)[C@@H](C)[C@@]14O)c1ccccc1. The number of hydrogen-bond acceptors (Lipinski definition) is 10. The number of fused-ring (bicyclic) bond motifs is 1. The lowest BCUT2D eigenvalue weighted by Crippen LogP contribution is -2.67. The third-order valence-corrected chi connectivity index (χ3v) is 10.6. The average Bonchev–Trinajstić information content (AvgIpc) is 3.58. The van der Waals surface area contributed by atoms with Crippen LogP contribution in [0, 0.1) is 28.1 Å². The topological polar surface area (TPSA) is 138 Å². The van der Waals surface area contributed by atoms with Crippen LogP contribution in [0.25, 0.3) is 0 Å². The van der Waals surface area contributed by atoms with Gasteiger partial charge in [-0.3, -0.25) is 4.79 Å². The number of hydrogen-bond donors (Lipinski definition) is 2. The van der Waals surface area contributed by atoms with E-state index in [1.807, 2.05) is 58.0 Å². The summed E-state index contributed by atoms with van der Waals surface area (Å²) in [5.41, 5.74) is -7.18. The number of benzene rings is 1. The molecule has 6 aliphatic rings. The van der Waals surface area contributed by atoms with Crippen molar-refractivity contribution in [2.24, 2.45) is 28.1 Å². The van der Waals surface area contributed by atoms with Crippen LogP contribution in [-0.2, 0) is 38.1 Å². The molecule has 4 heterocycles. The Morgan fingerprint density at radius 3 is 2.39 bits per heavy atom. The van der Waals surface area contributed by atoms with Gasteiger partial charge in [0.1, 0.15) is 12.2 Å². The lowest BCUT2D eigenvalue weighted by Gasteiger charge is -2.48. The fourth-order valence-corrected chi connectivity index (χ4v) is 9.27. The molecule has 2 N–H and O–H groups in total. The number of aliphatic hydroxyl groups is 2. The van der Waals surface area contributed by atoms with Gasteiger partial charge in [0.2, 0.25) is 11.9 Å². The van der Waals surface area contributed by atoms with E-state index in [9.17, 15) is 24.6 Å². The Morgan fingerprint density at radius 2 is 1.74 bits per heavy atom. The number of ether oxygens (including phenoxy) is 5. The van der Waals surface area contributed by atoms with Crippen LogP contribution < -0.4 is 0 Å². The molecule has 4 aliphatic heterocycles. The molecule has 0 aromatic heterocycles. The first-order valence-corrected chi connectivity index (χ1v) is 13.2. The number of carbonyl (C=O) groups is 3. The van der Waals surface area contributed by atoms with Crippen molar-refractivity contribution < 1.29 is 48.3 Å². The Kier molecular flexibility index (Phi) is 4.49. The first kappa shape index (κ1) is 24.5. The quantitative estimate of drug-likeness (QED) is 0.438. The van der Waals surface area contributed by atoms with E-state index < -0.39 is 94.0 Å². The molecule has 1 unspecified atom stereocenters. The Morgan fingerprint density at radius 1 is 1.05 bits per heavy atom. The van der Waals surface area contributed by atoms with Crippen LogP contribution in [0.2, 0.25) is 0 Å². The summed E-state index contributed by atoms with van der Waals surface area (Å²) in [4.78, 5) is 40.1. The summed E-state index contributed by atoms with van der Waals surface area (Å²) in [5.74, 6) is -3.90. The second kappa shape index (κ2) is 6.96. The summed E-state index contributed by atoms with van der Waals surface area (Å²) in [6.45, 7) is 9.27. The highest BCUT2D eigenvalue weighted by Gasteiger charge is 3.04. The molecule has 4 saturated heterocycles. The molecule has 2 spiro atoms. The zero-order valence-corrected chi connectivity index (χ0v) is 21.9. The normalized spacial score (nSPS) is 50.7. The predicted molar refractivity (Wildman–Crippen MR) is 126 cm³/mol. The Hall–Kier alpha value is -2.53. The minimum absolute atomic E-state index is 0.287. The predicted octanol–water partition coefficient (Wildman–Crippen LogP) is 1.42. The molecule has 2 aliphatic carbocycles. The number of aliphatic hydroxyl groups excluding tert-OH is 1. The van der Waals surface area contributed by atoms with Crippen LogP contribution in [0.4, 0.5) is 0 Å². The molecule has 1 aromatic rings. The number of carbonyl (C=O) groups excluding carboxylic acids is 3. The highest BCUT2D eigenvalue weighted by Crippen LogP contribution is 2.85. The van der Waals surface area contributed by atoms with Gasteiger partial charge in [0, 0.05) is 0 Å². The Labute approximate surface area is 219 Å². The second-order valence-electron chi connectivity index (χ2n) is 12.8. The lowest BCUT2D eigenvalue weighted by atomic mass is 9.51. The third kappa shape index (κ3) is 2.17. The first-order valence-electron chi connectivity index (χ1n) is 13.2. The molecule has 2 saturated carbocycles. The van der Waals surface area contributed by atoms with E-state index in [-0.39, 0.29) is 6.42 Å². The monoisotopic (exact) mass is 528 g/mol. The van der Waals surface area contributed by atoms with Crippen molar-refractivity contribution >= 4 is 17.9 Å². The van der Waals surface area contributed by atoms with Crippen molar-refractivity contribution in [1.29, 1.82) is 0 Å². The summed E-state index contributed by atoms with van der Waals surface area (Å²) in [7, 11) is 0. The van der Waals surface area contributed by atoms with E-state index in [1.54, 1.807) is 0 Å². The van der Waals surface area contributed by atoms with Gasteiger partial charge in [0.05, 0.1) is 22.9 Å². The summed E-state index contributed by atoms with van der Waals surface area (Å²) in [5, 5.41) is 24.4. The highest BCUT2D eigenvalue weighted by atomic mass is 16.8. The summed E-state index contributed by atoms with van der Waals surface area (Å²) in [6, 6.07) is 9.38. The molecule has 1 aromatic carbocycles. The van der Waals surface area contributed by atoms with E-state index in [4.69, 9.17) is 23.7 Å². The molecule has 10 heteroatoms. The van der Waals surface area contributed by atoms with Crippen LogP contribution in [-0.4, -0.2) is 70.0 Å². The zero-order chi connectivity index (χ0) is 27.2. The minimum Gasteiger partial charge on any atom is -0.459 e. The van der Waals surface area contributed by atoms with Crippen LogP contribution in [0.5, 0.6) is 0 Å². The van der Waals surface area contributed by atoms with E-state index in [0.717, 1.165) is 5.56 Å².